The fourth-order valence-corrected chi connectivity index (χ4v) is 2.75. The average Bonchev–Trinajstić information content (AvgIpc) is 2.62. The van der Waals surface area contributed by atoms with Crippen LogP contribution < -0.4 is 5.73 Å². The van der Waals surface area contributed by atoms with Gasteiger partial charge in [0, 0.05) is 22.8 Å². The molecule has 1 unspecified atom stereocenters. The number of anilines is 1. The fourth-order valence-electron chi connectivity index (χ4n) is 2.51. The highest BCUT2D eigenvalue weighted by Crippen LogP contribution is 2.22. The Hall–Kier alpha value is -1.75. The van der Waals surface area contributed by atoms with Crippen molar-refractivity contribution in [1.82, 2.24) is 4.90 Å². The van der Waals surface area contributed by atoms with Crippen molar-refractivity contribution in [1.29, 1.82) is 0 Å². The number of carboxylic acid groups (broad SMARTS) is 1. The Morgan fingerprint density at radius 1 is 1.25 bits per heavy atom. The monoisotopic (exact) mass is 296 g/mol. The summed E-state index contributed by atoms with van der Waals surface area (Å²) in [6.07, 6.45) is 3.05. The van der Waals surface area contributed by atoms with Crippen LogP contribution in [0.3, 0.4) is 0 Å². The predicted octanol–water partition coefficient (Wildman–Crippen LogP) is 2.39. The number of carbonyl (C=O) groups is 2. The molecule has 1 saturated heterocycles. The van der Waals surface area contributed by atoms with E-state index in [-0.39, 0.29) is 5.91 Å². The average molecular weight is 297 g/mol. The number of nitrogens with two attached hydrogens (primary N) is 1. The highest BCUT2D eigenvalue weighted by atomic mass is 35.5. The summed E-state index contributed by atoms with van der Waals surface area (Å²) in [6.45, 7) is 0.447. The minimum Gasteiger partial charge on any atom is -0.480 e. The number of aliphatic carboxylic acids is 1. The van der Waals surface area contributed by atoms with Gasteiger partial charge >= 0.3 is 5.97 Å². The molecule has 1 aliphatic rings. The minimum atomic E-state index is -0.963. The SMILES string of the molecule is Nc1cc(Cl)cc(C(=O)N2CCCCCC2C(=O)O)c1. The highest BCUT2D eigenvalue weighted by molar-refractivity contribution is 6.31. The molecule has 1 aromatic carbocycles. The Morgan fingerprint density at radius 2 is 2.00 bits per heavy atom. The van der Waals surface area contributed by atoms with E-state index in [9.17, 15) is 14.7 Å². The van der Waals surface area contributed by atoms with Gasteiger partial charge in [-0.1, -0.05) is 24.4 Å². The van der Waals surface area contributed by atoms with Gasteiger partial charge in [-0.05, 0) is 31.0 Å². The molecular formula is C14H17ClN2O3. The third-order valence-electron chi connectivity index (χ3n) is 3.47. The van der Waals surface area contributed by atoms with E-state index in [1.54, 1.807) is 6.07 Å². The molecule has 0 aliphatic carbocycles. The normalized spacial score (nSPS) is 19.4. The molecule has 1 amide bonds. The topological polar surface area (TPSA) is 83.6 Å². The van der Waals surface area contributed by atoms with Crippen molar-refractivity contribution in [3.8, 4) is 0 Å². The molecule has 20 heavy (non-hydrogen) atoms. The smallest absolute Gasteiger partial charge is 0.326 e. The van der Waals surface area contributed by atoms with E-state index in [0.29, 0.717) is 29.2 Å². The van der Waals surface area contributed by atoms with Gasteiger partial charge in [-0.3, -0.25) is 4.79 Å². The number of hydrogen-bond acceptors (Lipinski definition) is 3. The molecule has 2 rings (SSSR count). The standard InChI is InChI=1S/C14H17ClN2O3/c15-10-6-9(7-11(16)8-10)13(18)17-5-3-1-2-4-12(17)14(19)20/h6-8,12H,1-5,16H2,(H,19,20). The maximum Gasteiger partial charge on any atom is 0.326 e. The van der Waals surface area contributed by atoms with Crippen molar-refractivity contribution in [2.24, 2.45) is 0 Å². The maximum atomic E-state index is 12.5. The van der Waals surface area contributed by atoms with E-state index in [1.165, 1.54) is 17.0 Å². The van der Waals surface area contributed by atoms with Crippen LogP contribution in [0.4, 0.5) is 5.69 Å². The van der Waals surface area contributed by atoms with E-state index in [4.69, 9.17) is 17.3 Å². The number of rotatable bonds is 2. The lowest BCUT2D eigenvalue weighted by molar-refractivity contribution is -0.142. The van der Waals surface area contributed by atoms with Gasteiger partial charge in [0.25, 0.3) is 5.91 Å². The van der Waals surface area contributed by atoms with Crippen LogP contribution >= 0.6 is 11.6 Å². The summed E-state index contributed by atoms with van der Waals surface area (Å²) in [5.74, 6) is -1.29. The summed E-state index contributed by atoms with van der Waals surface area (Å²) >= 11 is 5.90. The molecule has 0 saturated carbocycles. The van der Waals surface area contributed by atoms with Crippen LogP contribution in [0, 0.1) is 0 Å². The second-order valence-corrected chi connectivity index (χ2v) is 5.41. The molecule has 1 heterocycles. The highest BCUT2D eigenvalue weighted by Gasteiger charge is 2.31. The first-order valence-corrected chi connectivity index (χ1v) is 6.96. The Labute approximate surface area is 122 Å². The summed E-state index contributed by atoms with van der Waals surface area (Å²) in [6, 6.07) is 3.82. The first-order valence-electron chi connectivity index (χ1n) is 6.59. The summed E-state index contributed by atoms with van der Waals surface area (Å²) < 4.78 is 0. The molecule has 5 nitrogen and oxygen atoms in total. The first kappa shape index (κ1) is 14.7. The number of nitrogens with zero attached hydrogens (tertiary/aromatic N) is 1. The van der Waals surface area contributed by atoms with E-state index in [0.717, 1.165) is 19.3 Å². The number of halogens is 1. The van der Waals surface area contributed by atoms with Gasteiger partial charge in [0.05, 0.1) is 0 Å². The van der Waals surface area contributed by atoms with E-state index < -0.39 is 12.0 Å². The largest absolute Gasteiger partial charge is 0.480 e. The van der Waals surface area contributed by atoms with Crippen molar-refractivity contribution in [3.63, 3.8) is 0 Å². The Balaban J connectivity index is 2.30. The zero-order valence-electron chi connectivity index (χ0n) is 11.0. The number of hydrogen-bond donors (Lipinski definition) is 2. The van der Waals surface area contributed by atoms with Crippen LogP contribution in [-0.4, -0.2) is 34.5 Å². The number of nitrogen functional groups attached to an aromatic ring is 1. The van der Waals surface area contributed by atoms with Crippen molar-refractivity contribution >= 4 is 29.2 Å². The Kier molecular flexibility index (Phi) is 4.49. The Bertz CT molecular complexity index is 513. The number of benzene rings is 1. The quantitative estimate of drug-likeness (QED) is 0.821. The lowest BCUT2D eigenvalue weighted by atomic mass is 10.1. The van der Waals surface area contributed by atoms with Crippen LogP contribution in [0.15, 0.2) is 18.2 Å². The number of likely N-dealkylation sites (tertiary alicyclic amines) is 1. The molecule has 1 atom stereocenters. The van der Waals surface area contributed by atoms with Crippen LogP contribution in [0.5, 0.6) is 0 Å². The van der Waals surface area contributed by atoms with Crippen molar-refractivity contribution in [2.45, 2.75) is 31.7 Å². The van der Waals surface area contributed by atoms with Gasteiger partial charge in [-0.2, -0.15) is 0 Å². The van der Waals surface area contributed by atoms with Crippen LogP contribution in [0.25, 0.3) is 0 Å². The van der Waals surface area contributed by atoms with Crippen molar-refractivity contribution < 1.29 is 14.7 Å². The molecule has 3 N–H and O–H groups in total. The lowest BCUT2D eigenvalue weighted by Gasteiger charge is -2.27. The molecule has 0 radical (unpaired) electrons. The van der Waals surface area contributed by atoms with Gasteiger partial charge in [-0.25, -0.2) is 4.79 Å². The number of carbonyl (C=O) groups excluding carboxylic acids is 1. The Morgan fingerprint density at radius 3 is 2.65 bits per heavy atom. The summed E-state index contributed by atoms with van der Waals surface area (Å²) in [5, 5.41) is 9.66. The summed E-state index contributed by atoms with van der Waals surface area (Å²) in [4.78, 5) is 25.3. The number of carboxylic acids is 1. The zero-order valence-corrected chi connectivity index (χ0v) is 11.8. The predicted molar refractivity (Wildman–Crippen MR) is 76.8 cm³/mol. The third kappa shape index (κ3) is 3.22. The van der Waals surface area contributed by atoms with Gasteiger partial charge in [0.15, 0.2) is 0 Å². The van der Waals surface area contributed by atoms with Crippen LogP contribution in [-0.2, 0) is 4.79 Å². The number of amides is 1. The van der Waals surface area contributed by atoms with E-state index in [1.807, 2.05) is 0 Å². The molecule has 1 fully saturated rings. The molecular weight excluding hydrogens is 280 g/mol. The summed E-state index contributed by atoms with van der Waals surface area (Å²) in [5.41, 5.74) is 6.41. The van der Waals surface area contributed by atoms with Gasteiger partial charge < -0.3 is 15.7 Å². The molecule has 6 heteroatoms. The van der Waals surface area contributed by atoms with E-state index in [2.05, 4.69) is 0 Å². The first-order chi connectivity index (χ1) is 9.49. The van der Waals surface area contributed by atoms with Gasteiger partial charge in [-0.15, -0.1) is 0 Å². The van der Waals surface area contributed by atoms with Gasteiger partial charge in [0.1, 0.15) is 6.04 Å². The van der Waals surface area contributed by atoms with E-state index >= 15 is 0 Å². The third-order valence-corrected chi connectivity index (χ3v) is 3.68. The zero-order chi connectivity index (χ0) is 14.7. The molecule has 0 bridgehead atoms. The molecule has 1 aliphatic heterocycles. The minimum absolute atomic E-state index is 0.325. The van der Waals surface area contributed by atoms with Crippen LogP contribution in [0.1, 0.15) is 36.0 Å². The van der Waals surface area contributed by atoms with Crippen molar-refractivity contribution in [2.75, 3.05) is 12.3 Å². The van der Waals surface area contributed by atoms with Crippen molar-refractivity contribution in [3.05, 3.63) is 28.8 Å². The maximum absolute atomic E-state index is 12.5. The molecule has 1 aromatic rings. The molecule has 0 spiro atoms. The molecule has 0 aromatic heterocycles. The summed E-state index contributed by atoms with van der Waals surface area (Å²) in [7, 11) is 0. The van der Waals surface area contributed by atoms with Gasteiger partial charge in [0.2, 0.25) is 0 Å². The van der Waals surface area contributed by atoms with Crippen LogP contribution in [0.2, 0.25) is 5.02 Å². The molecule has 108 valence electrons. The second kappa shape index (κ2) is 6.13. The second-order valence-electron chi connectivity index (χ2n) is 4.98. The lowest BCUT2D eigenvalue weighted by Crippen LogP contribution is -2.44. The fraction of sp³-hybridized carbons (Fsp3) is 0.429.